The molecule has 2 aromatic rings. The van der Waals surface area contributed by atoms with Crippen LogP contribution < -0.4 is 31.9 Å². The monoisotopic (exact) mass is 686 g/mol. The van der Waals surface area contributed by atoms with Gasteiger partial charge in [-0.3, -0.25) is 32.3 Å². The second-order valence-electron chi connectivity index (χ2n) is 9.76. The highest BCUT2D eigenvalue weighted by Gasteiger charge is 2.29. The first kappa shape index (κ1) is 40.3. The van der Waals surface area contributed by atoms with Crippen molar-refractivity contribution in [3.05, 3.63) is 58.6 Å². The predicted molar refractivity (Wildman–Crippen MR) is 180 cm³/mol. The van der Waals surface area contributed by atoms with Crippen LogP contribution in [0.1, 0.15) is 25.7 Å². The summed E-state index contributed by atoms with van der Waals surface area (Å²) < 4.78 is 0. The van der Waals surface area contributed by atoms with Gasteiger partial charge in [0.15, 0.2) is 23.8 Å². The molecule has 4 atom stereocenters. The first-order chi connectivity index (χ1) is 21.9. The van der Waals surface area contributed by atoms with E-state index in [1.54, 1.807) is 48.5 Å². The van der Waals surface area contributed by atoms with Crippen LogP contribution in [-0.4, -0.2) is 105 Å². The van der Waals surface area contributed by atoms with Crippen LogP contribution in [0.5, 0.6) is 0 Å². The van der Waals surface area contributed by atoms with Crippen LogP contribution in [0.2, 0.25) is 10.0 Å². The summed E-state index contributed by atoms with van der Waals surface area (Å²) in [6, 6.07) is 13.9. The fourth-order valence-corrected chi connectivity index (χ4v) is 3.71. The summed E-state index contributed by atoms with van der Waals surface area (Å²) in [5, 5.41) is 102. The average molecular weight is 688 g/mol. The highest BCUT2D eigenvalue weighted by Crippen LogP contribution is 2.14. The molecule has 18 heteroatoms. The molecule has 0 saturated carbocycles. The summed E-state index contributed by atoms with van der Waals surface area (Å²) in [6.07, 6.45) is -2.69. The van der Waals surface area contributed by atoms with Gasteiger partial charge in [-0.2, -0.15) is 0 Å². The quantitative estimate of drug-likeness (QED) is 0.0738. The highest BCUT2D eigenvalue weighted by atomic mass is 35.5. The Morgan fingerprint density at radius 3 is 1.17 bits per heavy atom. The minimum Gasteiger partial charge on any atom is -0.394 e. The second-order valence-corrected chi connectivity index (χ2v) is 10.6. The first-order valence-electron chi connectivity index (χ1n) is 14.2. The third-order valence-electron chi connectivity index (χ3n) is 5.95. The van der Waals surface area contributed by atoms with Gasteiger partial charge in [0.05, 0.1) is 13.2 Å². The van der Waals surface area contributed by atoms with E-state index < -0.39 is 37.6 Å². The summed E-state index contributed by atoms with van der Waals surface area (Å²) >= 11 is 11.7. The Morgan fingerprint density at radius 2 is 0.870 bits per heavy atom. The Hall–Kier alpha value is -3.74. The fraction of sp³-hybridized carbons (Fsp3) is 0.429. The normalized spacial score (nSPS) is 13.0. The van der Waals surface area contributed by atoms with Gasteiger partial charge in [-0.05, 0) is 61.4 Å². The molecule has 0 unspecified atom stereocenters. The van der Waals surface area contributed by atoms with Gasteiger partial charge in [-0.15, -0.1) is 0 Å². The molecule has 0 aliphatic rings. The van der Waals surface area contributed by atoms with Crippen molar-refractivity contribution in [2.75, 3.05) is 36.9 Å². The lowest BCUT2D eigenvalue weighted by atomic mass is 10.0. The van der Waals surface area contributed by atoms with Crippen molar-refractivity contribution in [1.29, 1.82) is 21.6 Å². The number of halogens is 2. The molecular formula is C28H44Cl2N10O6. The largest absolute Gasteiger partial charge is 0.394 e. The van der Waals surface area contributed by atoms with Gasteiger partial charge in [-0.1, -0.05) is 36.0 Å². The van der Waals surface area contributed by atoms with E-state index >= 15 is 0 Å². The summed E-state index contributed by atoms with van der Waals surface area (Å²) in [5.74, 6) is 0.112. The molecule has 2 aromatic carbocycles. The Balaban J connectivity index is 0.000000745. The standard InChI is InChI=1S/C22H30Cl2N10.C6H14O6/c23-15-5-9-17(10-6-15)31-21(27)33-19(25)29-13-3-1-2-4-14-30-20(26)34-22(28)32-18-11-7-16(24)8-12-18;7-1-3(9)5(11)6(12)4(10)2-8/h5-12H,1-4,13-14H2,(H5,25,27,29,31,33)(H5,26,28,30,32,34);3-12H,1-2H2/t;3-,4+,5-,6-/m.1/s1. The fourth-order valence-electron chi connectivity index (χ4n) is 3.46. The van der Waals surface area contributed by atoms with Crippen molar-refractivity contribution in [2.24, 2.45) is 0 Å². The van der Waals surface area contributed by atoms with Crippen molar-refractivity contribution in [2.45, 2.75) is 50.1 Å². The SMILES string of the molecule is N=C(NCCCCCCNC(=N)NC(=N)Nc1ccc(Cl)cc1)NC(=N)Nc1ccc(Cl)cc1.OC[C@@H](O)[C@@H](O)[C@H](O)[C@@H](O)CO. The average Bonchev–Trinajstić information content (AvgIpc) is 3.03. The number of benzene rings is 2. The maximum absolute atomic E-state index is 8.96. The zero-order valence-electron chi connectivity index (χ0n) is 25.0. The van der Waals surface area contributed by atoms with E-state index in [2.05, 4.69) is 31.9 Å². The predicted octanol–water partition coefficient (Wildman–Crippen LogP) is 0.590. The van der Waals surface area contributed by atoms with Crippen LogP contribution in [0.25, 0.3) is 0 Å². The third-order valence-corrected chi connectivity index (χ3v) is 6.45. The van der Waals surface area contributed by atoms with Crippen molar-refractivity contribution < 1.29 is 30.6 Å². The lowest BCUT2D eigenvalue weighted by Gasteiger charge is -2.24. The van der Waals surface area contributed by atoms with Crippen LogP contribution in [0.3, 0.4) is 0 Å². The van der Waals surface area contributed by atoms with E-state index in [0.29, 0.717) is 34.5 Å². The Kier molecular flexibility index (Phi) is 19.9. The molecule has 0 saturated heterocycles. The maximum Gasteiger partial charge on any atom is 0.199 e. The van der Waals surface area contributed by atoms with Gasteiger partial charge >= 0.3 is 0 Å². The Labute approximate surface area is 277 Å². The third kappa shape index (κ3) is 17.7. The maximum atomic E-state index is 8.96. The molecule has 0 amide bonds. The van der Waals surface area contributed by atoms with E-state index in [1.807, 2.05) is 0 Å². The van der Waals surface area contributed by atoms with E-state index in [0.717, 1.165) is 25.7 Å². The van der Waals surface area contributed by atoms with Crippen molar-refractivity contribution in [3.8, 4) is 0 Å². The van der Waals surface area contributed by atoms with Crippen molar-refractivity contribution in [1.82, 2.24) is 21.3 Å². The molecule has 0 heterocycles. The van der Waals surface area contributed by atoms with E-state index in [9.17, 15) is 0 Å². The molecule has 0 radical (unpaired) electrons. The summed E-state index contributed by atoms with van der Waals surface area (Å²) in [4.78, 5) is 0. The second kappa shape index (κ2) is 22.7. The van der Waals surface area contributed by atoms with Gasteiger partial charge in [0.2, 0.25) is 0 Å². The molecule has 46 heavy (non-hydrogen) atoms. The zero-order chi connectivity index (χ0) is 34.5. The van der Waals surface area contributed by atoms with Crippen LogP contribution in [0.4, 0.5) is 11.4 Å². The Morgan fingerprint density at radius 1 is 0.543 bits per heavy atom. The van der Waals surface area contributed by atoms with Crippen molar-refractivity contribution >= 4 is 58.4 Å². The molecule has 16 N–H and O–H groups in total. The minimum absolute atomic E-state index is 0.00148. The van der Waals surface area contributed by atoms with Crippen LogP contribution in [0.15, 0.2) is 48.5 Å². The lowest BCUT2D eigenvalue weighted by molar-refractivity contribution is -0.123. The van der Waals surface area contributed by atoms with Crippen LogP contribution >= 0.6 is 23.2 Å². The molecular weight excluding hydrogens is 643 g/mol. The lowest BCUT2D eigenvalue weighted by Crippen LogP contribution is -2.46. The number of aliphatic hydroxyl groups is 6. The van der Waals surface area contributed by atoms with Gasteiger partial charge in [0.25, 0.3) is 0 Å². The number of anilines is 2. The van der Waals surface area contributed by atoms with Crippen LogP contribution in [0, 0.1) is 21.6 Å². The molecule has 2 rings (SSSR count). The van der Waals surface area contributed by atoms with E-state index in [-0.39, 0.29) is 23.8 Å². The van der Waals surface area contributed by atoms with Crippen molar-refractivity contribution in [3.63, 3.8) is 0 Å². The topological polar surface area (TPSA) is 289 Å². The summed E-state index contributed by atoms with van der Waals surface area (Å²) in [6.45, 7) is -0.205. The number of hydrogen-bond acceptors (Lipinski definition) is 10. The molecule has 256 valence electrons. The van der Waals surface area contributed by atoms with E-state index in [4.69, 9.17) is 75.5 Å². The number of rotatable bonds is 14. The zero-order valence-corrected chi connectivity index (χ0v) is 26.5. The number of hydrogen-bond donors (Lipinski definition) is 16. The van der Waals surface area contributed by atoms with E-state index in [1.165, 1.54) is 0 Å². The number of unbranched alkanes of at least 4 members (excludes halogenated alkanes) is 3. The van der Waals surface area contributed by atoms with Gasteiger partial charge in [0.1, 0.15) is 24.4 Å². The summed E-state index contributed by atoms with van der Waals surface area (Å²) in [7, 11) is 0. The van der Waals surface area contributed by atoms with Gasteiger partial charge in [-0.25, -0.2) is 0 Å². The Bertz CT molecular complexity index is 1120. The van der Waals surface area contributed by atoms with Gasteiger partial charge < -0.3 is 51.9 Å². The smallest absolute Gasteiger partial charge is 0.199 e. The first-order valence-corrected chi connectivity index (χ1v) is 15.0. The highest BCUT2D eigenvalue weighted by molar-refractivity contribution is 6.31. The molecule has 0 aliphatic carbocycles. The molecule has 0 aliphatic heterocycles. The molecule has 0 spiro atoms. The number of aliphatic hydroxyl groups excluding tert-OH is 6. The molecule has 16 nitrogen and oxygen atoms in total. The van der Waals surface area contributed by atoms with Gasteiger partial charge in [0, 0.05) is 34.5 Å². The number of guanidine groups is 4. The summed E-state index contributed by atoms with van der Waals surface area (Å²) in [5.41, 5.74) is 1.42. The van der Waals surface area contributed by atoms with Crippen LogP contribution in [-0.2, 0) is 0 Å². The molecule has 0 aromatic heterocycles. The number of nitrogens with one attached hydrogen (secondary N) is 10. The molecule has 0 bridgehead atoms. The minimum atomic E-state index is -1.67. The molecule has 0 fully saturated rings.